The predicted molar refractivity (Wildman–Crippen MR) is 89.0 cm³/mol. The van der Waals surface area contributed by atoms with Crippen LogP contribution in [-0.4, -0.2) is 39.1 Å². The van der Waals surface area contributed by atoms with E-state index in [1.165, 1.54) is 12.1 Å². The van der Waals surface area contributed by atoms with E-state index in [1.54, 1.807) is 30.0 Å². The number of aryl methyl sites for hydroxylation is 1. The minimum absolute atomic E-state index is 0.00915. The highest BCUT2D eigenvalue weighted by atomic mass is 16.6. The summed E-state index contributed by atoms with van der Waals surface area (Å²) in [4.78, 5) is 31.8. The first-order chi connectivity index (χ1) is 11.4. The van der Waals surface area contributed by atoms with Gasteiger partial charge in [0.05, 0.1) is 4.92 Å². The zero-order chi connectivity index (χ0) is 17.7. The maximum Gasteiger partial charge on any atom is 0.323 e. The topological polar surface area (TPSA) is 109 Å². The van der Waals surface area contributed by atoms with Crippen molar-refractivity contribution in [2.75, 3.05) is 18.0 Å². The van der Waals surface area contributed by atoms with E-state index in [1.807, 2.05) is 6.92 Å². The maximum absolute atomic E-state index is 11.1. The van der Waals surface area contributed by atoms with Crippen molar-refractivity contribution in [1.29, 1.82) is 0 Å². The van der Waals surface area contributed by atoms with Crippen LogP contribution in [-0.2, 0) is 4.79 Å². The van der Waals surface area contributed by atoms with E-state index in [9.17, 15) is 14.9 Å². The number of anilines is 1. The van der Waals surface area contributed by atoms with E-state index in [0.717, 1.165) is 6.42 Å². The van der Waals surface area contributed by atoms with Gasteiger partial charge in [0, 0.05) is 36.0 Å². The highest BCUT2D eigenvalue weighted by Crippen LogP contribution is 2.22. The molecule has 0 aliphatic carbocycles. The molecule has 0 bridgehead atoms. The molecule has 2 aromatic rings. The van der Waals surface area contributed by atoms with E-state index >= 15 is 0 Å². The molecular formula is C16H18N4O4. The molecule has 0 amide bonds. The molecule has 0 saturated carbocycles. The van der Waals surface area contributed by atoms with Crippen LogP contribution in [0.2, 0.25) is 0 Å². The minimum Gasteiger partial charge on any atom is -0.480 e. The molecule has 1 aromatic carbocycles. The third-order valence-corrected chi connectivity index (χ3v) is 3.32. The van der Waals surface area contributed by atoms with Crippen LogP contribution in [0.1, 0.15) is 19.0 Å². The van der Waals surface area contributed by atoms with Gasteiger partial charge in [0.15, 0.2) is 5.82 Å². The molecule has 0 radical (unpaired) electrons. The Morgan fingerprint density at radius 1 is 1.29 bits per heavy atom. The molecule has 1 aromatic heterocycles. The fourth-order valence-corrected chi connectivity index (χ4v) is 2.28. The summed E-state index contributed by atoms with van der Waals surface area (Å²) in [5.74, 6) is 0.00286. The summed E-state index contributed by atoms with van der Waals surface area (Å²) in [5, 5.41) is 19.8. The van der Waals surface area contributed by atoms with Crippen molar-refractivity contribution in [3.05, 3.63) is 46.1 Å². The molecule has 0 saturated heterocycles. The Hall–Kier alpha value is -3.03. The van der Waals surface area contributed by atoms with Gasteiger partial charge in [-0.1, -0.05) is 6.92 Å². The number of nitrogens with zero attached hydrogens (tertiary/aromatic N) is 4. The predicted octanol–water partition coefficient (Wildman–Crippen LogP) is 2.66. The quantitative estimate of drug-likeness (QED) is 0.614. The monoisotopic (exact) mass is 330 g/mol. The number of aliphatic carboxylic acids is 1. The molecule has 126 valence electrons. The van der Waals surface area contributed by atoms with Gasteiger partial charge >= 0.3 is 5.97 Å². The molecule has 2 rings (SSSR count). The summed E-state index contributed by atoms with van der Waals surface area (Å²) in [6.07, 6.45) is 0.781. The SMILES string of the molecule is CCCN(CC(=O)O)c1cc(C)nc(-c2ccc([N+](=O)[O-])cc2)n1. The first-order valence-electron chi connectivity index (χ1n) is 7.48. The lowest BCUT2D eigenvalue weighted by atomic mass is 10.2. The average molecular weight is 330 g/mol. The van der Waals surface area contributed by atoms with Crippen LogP contribution in [0.3, 0.4) is 0 Å². The Balaban J connectivity index is 2.39. The van der Waals surface area contributed by atoms with Gasteiger partial charge in [-0.25, -0.2) is 9.97 Å². The normalized spacial score (nSPS) is 10.4. The van der Waals surface area contributed by atoms with Crippen molar-refractivity contribution >= 4 is 17.5 Å². The van der Waals surface area contributed by atoms with E-state index < -0.39 is 10.9 Å². The minimum atomic E-state index is -0.934. The number of carboxylic acid groups (broad SMARTS) is 1. The van der Waals surface area contributed by atoms with Gasteiger partial charge in [-0.2, -0.15) is 0 Å². The molecule has 8 nitrogen and oxygen atoms in total. The van der Waals surface area contributed by atoms with Crippen LogP contribution >= 0.6 is 0 Å². The summed E-state index contributed by atoms with van der Waals surface area (Å²) in [6.45, 7) is 4.16. The fourth-order valence-electron chi connectivity index (χ4n) is 2.28. The summed E-state index contributed by atoms with van der Waals surface area (Å²) < 4.78 is 0. The molecule has 24 heavy (non-hydrogen) atoms. The summed E-state index contributed by atoms with van der Waals surface area (Å²) in [5.41, 5.74) is 1.32. The lowest BCUT2D eigenvalue weighted by molar-refractivity contribution is -0.384. The molecule has 0 aliphatic rings. The lowest BCUT2D eigenvalue weighted by Gasteiger charge is -2.21. The van der Waals surface area contributed by atoms with E-state index in [0.29, 0.717) is 29.4 Å². The maximum atomic E-state index is 11.1. The van der Waals surface area contributed by atoms with Gasteiger partial charge in [0.1, 0.15) is 12.4 Å². The van der Waals surface area contributed by atoms with Crippen molar-refractivity contribution in [3.8, 4) is 11.4 Å². The average Bonchev–Trinajstić information content (AvgIpc) is 2.53. The van der Waals surface area contributed by atoms with Crippen LogP contribution in [0.5, 0.6) is 0 Å². The molecule has 0 fully saturated rings. The number of non-ortho nitro benzene ring substituents is 1. The zero-order valence-corrected chi connectivity index (χ0v) is 13.5. The smallest absolute Gasteiger partial charge is 0.323 e. The van der Waals surface area contributed by atoms with Crippen LogP contribution in [0.15, 0.2) is 30.3 Å². The zero-order valence-electron chi connectivity index (χ0n) is 13.5. The van der Waals surface area contributed by atoms with E-state index in [-0.39, 0.29) is 12.2 Å². The highest BCUT2D eigenvalue weighted by Gasteiger charge is 2.14. The second-order valence-corrected chi connectivity index (χ2v) is 5.31. The molecule has 0 unspecified atom stereocenters. The Morgan fingerprint density at radius 3 is 2.50 bits per heavy atom. The lowest BCUT2D eigenvalue weighted by Crippen LogP contribution is -2.31. The van der Waals surface area contributed by atoms with Crippen LogP contribution in [0.25, 0.3) is 11.4 Å². The number of nitro groups is 1. The summed E-state index contributed by atoms with van der Waals surface area (Å²) >= 11 is 0. The number of benzene rings is 1. The van der Waals surface area contributed by atoms with Crippen LogP contribution in [0, 0.1) is 17.0 Å². The fraction of sp³-hybridized carbons (Fsp3) is 0.312. The number of nitro benzene ring substituents is 1. The molecule has 1 N–H and O–H groups in total. The largest absolute Gasteiger partial charge is 0.480 e. The van der Waals surface area contributed by atoms with Gasteiger partial charge in [-0.3, -0.25) is 14.9 Å². The Kier molecular flexibility index (Phi) is 5.41. The molecule has 0 aliphatic heterocycles. The third kappa shape index (κ3) is 4.25. The molecule has 0 spiro atoms. The Labute approximate surface area is 138 Å². The first-order valence-corrected chi connectivity index (χ1v) is 7.48. The molecular weight excluding hydrogens is 312 g/mol. The standard InChI is InChI=1S/C16H18N4O4/c1-3-8-19(10-15(21)22)14-9-11(2)17-16(18-14)12-4-6-13(7-5-12)20(23)24/h4-7,9H,3,8,10H2,1-2H3,(H,21,22). The van der Waals surface area contributed by atoms with Crippen molar-refractivity contribution in [2.45, 2.75) is 20.3 Å². The summed E-state index contributed by atoms with van der Waals surface area (Å²) in [6, 6.07) is 7.67. The molecule has 0 atom stereocenters. The number of carbonyl (C=O) groups is 1. The molecule has 1 heterocycles. The number of hydrogen-bond acceptors (Lipinski definition) is 6. The second kappa shape index (κ2) is 7.49. The van der Waals surface area contributed by atoms with Gasteiger partial charge in [-0.15, -0.1) is 0 Å². The number of carboxylic acids is 1. The van der Waals surface area contributed by atoms with Crippen molar-refractivity contribution in [1.82, 2.24) is 9.97 Å². The van der Waals surface area contributed by atoms with Crippen molar-refractivity contribution in [2.24, 2.45) is 0 Å². The van der Waals surface area contributed by atoms with E-state index in [4.69, 9.17) is 5.11 Å². The first kappa shape index (κ1) is 17.3. The number of rotatable bonds is 7. The van der Waals surface area contributed by atoms with Crippen LogP contribution in [0.4, 0.5) is 11.5 Å². The number of aromatic nitrogens is 2. The third-order valence-electron chi connectivity index (χ3n) is 3.32. The van der Waals surface area contributed by atoms with Crippen molar-refractivity contribution < 1.29 is 14.8 Å². The van der Waals surface area contributed by atoms with Crippen molar-refractivity contribution in [3.63, 3.8) is 0 Å². The highest BCUT2D eigenvalue weighted by molar-refractivity contribution is 5.73. The van der Waals surface area contributed by atoms with Gasteiger partial charge in [-0.05, 0) is 25.5 Å². The van der Waals surface area contributed by atoms with Gasteiger partial charge in [0.2, 0.25) is 0 Å². The second-order valence-electron chi connectivity index (χ2n) is 5.31. The number of hydrogen-bond donors (Lipinski definition) is 1. The van der Waals surface area contributed by atoms with E-state index in [2.05, 4.69) is 9.97 Å². The summed E-state index contributed by atoms with van der Waals surface area (Å²) in [7, 11) is 0. The Morgan fingerprint density at radius 2 is 1.96 bits per heavy atom. The Bertz CT molecular complexity index is 746. The van der Waals surface area contributed by atoms with Gasteiger partial charge in [0.25, 0.3) is 5.69 Å². The van der Waals surface area contributed by atoms with Gasteiger partial charge < -0.3 is 10.0 Å². The molecule has 8 heteroatoms. The van der Waals surface area contributed by atoms with Crippen LogP contribution < -0.4 is 4.90 Å².